The largest absolute Gasteiger partial charge is 0.268 e. The van der Waals surface area contributed by atoms with E-state index in [2.05, 4.69) is 40.8 Å². The Morgan fingerprint density at radius 2 is 1.76 bits per heavy atom. The summed E-state index contributed by atoms with van der Waals surface area (Å²) >= 11 is 1.96. The number of rotatable bonds is 0. The van der Waals surface area contributed by atoms with Crippen molar-refractivity contribution in [1.82, 2.24) is 0 Å². The number of nitrogens with zero attached hydrogens (tertiary/aromatic N) is 1. The second-order valence-electron chi connectivity index (χ2n) is 4.83. The van der Waals surface area contributed by atoms with Crippen LogP contribution in [0.1, 0.15) is 17.0 Å². The predicted molar refractivity (Wildman–Crippen MR) is 73.7 cm³/mol. The SMILES string of the molecule is [O-][Cl+](O)(O)O.c1ccc2c(c1)ccc1sc3c([n+]12)CCC3. The number of hydrogen-bond acceptors (Lipinski definition) is 5. The first-order valence-electron chi connectivity index (χ1n) is 6.44. The molecule has 1 aromatic carbocycles. The molecule has 0 radical (unpaired) electrons. The summed E-state index contributed by atoms with van der Waals surface area (Å²) in [4.78, 5) is 2.99. The Balaban J connectivity index is 0.000000233. The van der Waals surface area contributed by atoms with Crippen molar-refractivity contribution in [3.05, 3.63) is 47.0 Å². The standard InChI is InChI=1S/C14H12NS.ClH3O4/c1-2-5-11-10(4-1)8-9-14-15(11)12-6-3-7-13(12)16-14;2-1(3,4)5/h1-2,4-5,8-9H,3,6-7H2;2-4H/q+1;. The van der Waals surface area contributed by atoms with Crippen LogP contribution in [0.15, 0.2) is 36.4 Å². The molecule has 0 aliphatic heterocycles. The average Bonchev–Trinajstić information content (AvgIpc) is 2.96. The molecule has 112 valence electrons. The molecule has 3 aromatic rings. The number of aryl methyl sites for hydroxylation is 2. The van der Waals surface area contributed by atoms with Crippen LogP contribution in [-0.4, -0.2) is 14.0 Å². The number of pyridine rings is 1. The Labute approximate surface area is 127 Å². The minimum atomic E-state index is -4.19. The fourth-order valence-corrected chi connectivity index (χ4v) is 3.96. The molecule has 4 rings (SSSR count). The Morgan fingerprint density at radius 3 is 2.52 bits per heavy atom. The third-order valence-corrected chi connectivity index (χ3v) is 4.65. The van der Waals surface area contributed by atoms with Gasteiger partial charge in [0, 0.05) is 23.9 Å². The van der Waals surface area contributed by atoms with Gasteiger partial charge in [-0.1, -0.05) is 23.5 Å². The van der Waals surface area contributed by atoms with Crippen LogP contribution in [0.25, 0.3) is 15.7 Å². The fourth-order valence-electron chi connectivity index (χ4n) is 2.72. The molecule has 1 aliphatic rings. The summed E-state index contributed by atoms with van der Waals surface area (Å²) in [5, 5.41) is 1.34. The summed E-state index contributed by atoms with van der Waals surface area (Å²) in [6.07, 6.45) is 3.84. The van der Waals surface area contributed by atoms with Crippen molar-refractivity contribution in [2.24, 2.45) is 0 Å². The fraction of sp³-hybridized carbons (Fsp3) is 0.214. The molecule has 2 heterocycles. The van der Waals surface area contributed by atoms with Gasteiger partial charge in [0.15, 0.2) is 0 Å². The molecule has 5 nitrogen and oxygen atoms in total. The van der Waals surface area contributed by atoms with Crippen molar-refractivity contribution < 1.29 is 33.3 Å². The van der Waals surface area contributed by atoms with Crippen molar-refractivity contribution in [2.75, 3.05) is 0 Å². The molecular formula is C14H15ClNO4S+. The Bertz CT molecular complexity index is 791. The van der Waals surface area contributed by atoms with Gasteiger partial charge in [0.1, 0.15) is 0 Å². The van der Waals surface area contributed by atoms with Crippen LogP contribution in [0.3, 0.4) is 0 Å². The van der Waals surface area contributed by atoms with Gasteiger partial charge in [-0.05, 0) is 25.0 Å². The van der Waals surface area contributed by atoms with Crippen LogP contribution in [0.2, 0.25) is 0 Å². The maximum atomic E-state index is 8.83. The molecule has 0 spiro atoms. The topological polar surface area (TPSA) is 87.8 Å². The van der Waals surface area contributed by atoms with Gasteiger partial charge in [-0.2, -0.15) is 0 Å². The minimum Gasteiger partial charge on any atom is -0.147 e. The van der Waals surface area contributed by atoms with Crippen LogP contribution in [-0.2, 0) is 12.8 Å². The molecule has 1 aliphatic carbocycles. The van der Waals surface area contributed by atoms with Crippen LogP contribution in [0, 0.1) is 10.2 Å². The summed E-state index contributed by atoms with van der Waals surface area (Å²) in [6.45, 7) is 0. The molecule has 0 bridgehead atoms. The normalized spacial score (nSPS) is 14.9. The van der Waals surface area contributed by atoms with Gasteiger partial charge in [-0.3, -0.25) is 0 Å². The van der Waals surface area contributed by atoms with Crippen molar-refractivity contribution in [3.8, 4) is 0 Å². The van der Waals surface area contributed by atoms with E-state index in [0.717, 1.165) is 0 Å². The molecular weight excluding hydrogens is 314 g/mol. The smallest absolute Gasteiger partial charge is 0.147 e. The number of para-hydroxylation sites is 1. The number of hydrogen-bond donors (Lipinski definition) is 3. The van der Waals surface area contributed by atoms with Gasteiger partial charge in [0.2, 0.25) is 11.2 Å². The maximum Gasteiger partial charge on any atom is 0.268 e. The van der Waals surface area contributed by atoms with Gasteiger partial charge in [0.25, 0.3) is 4.83 Å². The zero-order valence-electron chi connectivity index (χ0n) is 11.1. The summed E-state index contributed by atoms with van der Waals surface area (Å²) in [6, 6.07) is 13.2. The number of halogens is 1. The molecule has 0 amide bonds. The van der Waals surface area contributed by atoms with Crippen LogP contribution in [0.5, 0.6) is 0 Å². The van der Waals surface area contributed by atoms with E-state index in [9.17, 15) is 0 Å². The van der Waals surface area contributed by atoms with Crippen molar-refractivity contribution in [3.63, 3.8) is 0 Å². The Hall–Kier alpha value is -1.28. The molecule has 2 aromatic heterocycles. The molecule has 0 atom stereocenters. The molecule has 3 N–H and O–H groups in total. The van der Waals surface area contributed by atoms with Crippen molar-refractivity contribution >= 4 is 27.1 Å². The summed E-state index contributed by atoms with van der Waals surface area (Å²) in [5.41, 5.74) is 2.91. The summed E-state index contributed by atoms with van der Waals surface area (Å²) in [7, 11) is -4.19. The van der Waals surface area contributed by atoms with Gasteiger partial charge >= 0.3 is 28.9 Å². The minimum absolute atomic E-state index is 1.24. The van der Waals surface area contributed by atoms with E-state index in [-0.39, 0.29) is 0 Å². The molecule has 21 heavy (non-hydrogen) atoms. The van der Waals surface area contributed by atoms with Gasteiger partial charge in [0.05, 0.1) is 4.88 Å². The van der Waals surface area contributed by atoms with Crippen molar-refractivity contribution in [2.45, 2.75) is 19.3 Å². The van der Waals surface area contributed by atoms with E-state index >= 15 is 0 Å². The quantitative estimate of drug-likeness (QED) is 0.517. The van der Waals surface area contributed by atoms with Gasteiger partial charge in [-0.25, -0.2) is 0 Å². The Morgan fingerprint density at radius 1 is 1.05 bits per heavy atom. The second kappa shape index (κ2) is 5.49. The van der Waals surface area contributed by atoms with Gasteiger partial charge < -0.3 is 0 Å². The number of aromatic nitrogens is 1. The molecule has 7 heteroatoms. The zero-order chi connectivity index (χ0) is 15.0. The van der Waals surface area contributed by atoms with E-state index in [4.69, 9.17) is 18.6 Å². The van der Waals surface area contributed by atoms with Crippen LogP contribution >= 0.6 is 11.3 Å². The number of benzene rings is 1. The van der Waals surface area contributed by atoms with Crippen molar-refractivity contribution in [1.29, 1.82) is 0 Å². The first-order chi connectivity index (χ1) is 9.93. The van der Waals surface area contributed by atoms with E-state index < -0.39 is 10.2 Å². The summed E-state index contributed by atoms with van der Waals surface area (Å²) < 4.78 is 32.7. The summed E-state index contributed by atoms with van der Waals surface area (Å²) in [5.74, 6) is 0. The third kappa shape index (κ3) is 3.16. The van der Waals surface area contributed by atoms with E-state index in [1.54, 1.807) is 10.6 Å². The number of fused-ring (bicyclic) bond motifs is 5. The molecule has 0 saturated heterocycles. The molecule has 0 unspecified atom stereocenters. The van der Waals surface area contributed by atoms with E-state index in [1.807, 2.05) is 11.3 Å². The Kier molecular flexibility index (Phi) is 3.83. The van der Waals surface area contributed by atoms with Gasteiger partial charge in [-0.15, -0.1) is 4.40 Å². The zero-order valence-corrected chi connectivity index (χ0v) is 12.6. The molecule has 0 saturated carbocycles. The van der Waals surface area contributed by atoms with E-state index in [0.29, 0.717) is 0 Å². The monoisotopic (exact) mass is 328 g/mol. The first-order valence-corrected chi connectivity index (χ1v) is 8.57. The van der Waals surface area contributed by atoms with E-state index in [1.165, 1.54) is 35.0 Å². The predicted octanol–water partition coefficient (Wildman–Crippen LogP) is 0.269. The van der Waals surface area contributed by atoms with Crippen LogP contribution < -0.4 is 9.06 Å². The maximum absolute atomic E-state index is 8.83. The number of thiazole rings is 1. The third-order valence-electron chi connectivity index (χ3n) is 3.44. The second-order valence-corrected chi connectivity index (χ2v) is 6.81. The van der Waals surface area contributed by atoms with Crippen LogP contribution in [0.4, 0.5) is 0 Å². The average molecular weight is 329 g/mol. The molecule has 0 fully saturated rings. The first kappa shape index (κ1) is 14.6.